The summed E-state index contributed by atoms with van der Waals surface area (Å²) in [5.74, 6) is 0. The highest BCUT2D eigenvalue weighted by molar-refractivity contribution is 5.08. The second-order valence-electron chi connectivity index (χ2n) is 5.21. The van der Waals surface area contributed by atoms with Gasteiger partial charge in [0.05, 0.1) is 50.1 Å². The Hall–Kier alpha value is -1.24. The molecule has 0 fully saturated rings. The van der Waals surface area contributed by atoms with E-state index in [0.29, 0.717) is 5.69 Å². The van der Waals surface area contributed by atoms with Gasteiger partial charge >= 0.3 is 0 Å². The maximum Gasteiger partial charge on any atom is 0.126 e. The van der Waals surface area contributed by atoms with Gasteiger partial charge in [-0.15, -0.1) is 0 Å². The SMILES string of the molecule is OCCO[C@H]([C@H](O)CO)[C@H](O)c1cnc(C[C@H](O)[C@H](O)CO)cn1. The number of aliphatic hydroxyl groups is 7. The van der Waals surface area contributed by atoms with Crippen LogP contribution in [0.3, 0.4) is 0 Å². The molecular weight excluding hydrogens is 324 g/mol. The lowest BCUT2D eigenvalue weighted by Gasteiger charge is -2.26. The minimum Gasteiger partial charge on any atom is -0.394 e. The van der Waals surface area contributed by atoms with Crippen LogP contribution < -0.4 is 0 Å². The summed E-state index contributed by atoms with van der Waals surface area (Å²) in [5.41, 5.74) is 0.382. The van der Waals surface area contributed by atoms with E-state index in [1.54, 1.807) is 0 Å². The molecule has 0 aliphatic heterocycles. The van der Waals surface area contributed by atoms with Gasteiger partial charge in [-0.25, -0.2) is 0 Å². The van der Waals surface area contributed by atoms with Crippen LogP contribution in [0.5, 0.6) is 0 Å². The summed E-state index contributed by atoms with van der Waals surface area (Å²) >= 11 is 0. The second kappa shape index (κ2) is 10.6. The van der Waals surface area contributed by atoms with E-state index < -0.39 is 43.7 Å². The highest BCUT2D eigenvalue weighted by atomic mass is 16.5. The van der Waals surface area contributed by atoms with Crippen molar-refractivity contribution in [3.63, 3.8) is 0 Å². The van der Waals surface area contributed by atoms with Crippen molar-refractivity contribution in [1.82, 2.24) is 9.97 Å². The number of hydrogen-bond acceptors (Lipinski definition) is 10. The molecule has 0 radical (unpaired) electrons. The summed E-state index contributed by atoms with van der Waals surface area (Å²) in [6.07, 6.45) is -4.07. The van der Waals surface area contributed by atoms with Crippen molar-refractivity contribution in [2.24, 2.45) is 0 Å². The summed E-state index contributed by atoms with van der Waals surface area (Å²) in [7, 11) is 0. The minimum absolute atomic E-state index is 0.0468. The van der Waals surface area contributed by atoms with E-state index in [1.165, 1.54) is 12.4 Å². The average Bonchev–Trinajstić information content (AvgIpc) is 2.61. The van der Waals surface area contributed by atoms with Crippen molar-refractivity contribution >= 4 is 0 Å². The van der Waals surface area contributed by atoms with E-state index >= 15 is 0 Å². The number of aromatic nitrogens is 2. The minimum atomic E-state index is -1.40. The molecule has 1 rings (SSSR count). The van der Waals surface area contributed by atoms with Crippen LogP contribution in [-0.4, -0.2) is 96.6 Å². The van der Waals surface area contributed by atoms with Gasteiger partial charge in [0.2, 0.25) is 0 Å². The van der Waals surface area contributed by atoms with Crippen LogP contribution in [0, 0.1) is 0 Å². The topological polar surface area (TPSA) is 177 Å². The van der Waals surface area contributed by atoms with Gasteiger partial charge in [-0.1, -0.05) is 0 Å². The van der Waals surface area contributed by atoms with Gasteiger partial charge in [-0.2, -0.15) is 0 Å². The van der Waals surface area contributed by atoms with Crippen molar-refractivity contribution in [2.45, 2.75) is 36.9 Å². The Morgan fingerprint density at radius 1 is 0.875 bits per heavy atom. The standard InChI is InChI=1S/C14H24N2O8/c17-1-2-24-14(12(22)7-19)13(23)9-5-15-8(4-16-9)3-10(20)11(21)6-18/h4-5,10-14,17-23H,1-3,6-7H2/t10-,11+,12+,13+,14+/m0/s1. The van der Waals surface area contributed by atoms with Gasteiger partial charge in [-0.3, -0.25) is 9.97 Å². The van der Waals surface area contributed by atoms with E-state index in [9.17, 15) is 20.4 Å². The van der Waals surface area contributed by atoms with Gasteiger partial charge < -0.3 is 40.5 Å². The fourth-order valence-electron chi connectivity index (χ4n) is 1.97. The molecule has 10 nitrogen and oxygen atoms in total. The molecule has 0 amide bonds. The third kappa shape index (κ3) is 6.00. The lowest BCUT2D eigenvalue weighted by molar-refractivity contribution is -0.120. The summed E-state index contributed by atoms with van der Waals surface area (Å²) in [6.45, 7) is -1.70. The fourth-order valence-corrected chi connectivity index (χ4v) is 1.97. The molecule has 1 aromatic rings. The molecule has 24 heavy (non-hydrogen) atoms. The highest BCUT2D eigenvalue weighted by Crippen LogP contribution is 2.20. The molecule has 0 unspecified atom stereocenters. The lowest BCUT2D eigenvalue weighted by atomic mass is 10.1. The molecular formula is C14H24N2O8. The molecule has 5 atom stereocenters. The third-order valence-electron chi connectivity index (χ3n) is 3.36. The van der Waals surface area contributed by atoms with Crippen LogP contribution in [0.4, 0.5) is 0 Å². The first-order valence-electron chi connectivity index (χ1n) is 7.41. The van der Waals surface area contributed by atoms with Gasteiger partial charge in [0.25, 0.3) is 0 Å². The molecule has 1 heterocycles. The second-order valence-corrected chi connectivity index (χ2v) is 5.21. The maximum absolute atomic E-state index is 10.2. The van der Waals surface area contributed by atoms with E-state index in [4.69, 9.17) is 20.1 Å². The van der Waals surface area contributed by atoms with E-state index in [-0.39, 0.29) is 25.3 Å². The first-order chi connectivity index (χ1) is 11.4. The number of nitrogens with zero attached hydrogens (tertiary/aromatic N) is 2. The summed E-state index contributed by atoms with van der Waals surface area (Å²) in [4.78, 5) is 7.94. The largest absolute Gasteiger partial charge is 0.394 e. The number of aliphatic hydroxyl groups excluding tert-OH is 7. The highest BCUT2D eigenvalue weighted by Gasteiger charge is 2.30. The first kappa shape index (κ1) is 20.8. The first-order valence-corrected chi connectivity index (χ1v) is 7.41. The Morgan fingerprint density at radius 3 is 2.04 bits per heavy atom. The van der Waals surface area contributed by atoms with Crippen LogP contribution in [0.2, 0.25) is 0 Å². The van der Waals surface area contributed by atoms with Gasteiger partial charge in [0.15, 0.2) is 0 Å². The zero-order valence-corrected chi connectivity index (χ0v) is 13.0. The van der Waals surface area contributed by atoms with Crippen molar-refractivity contribution in [3.8, 4) is 0 Å². The van der Waals surface area contributed by atoms with E-state index in [1.807, 2.05) is 0 Å². The Bertz CT molecular complexity index is 461. The van der Waals surface area contributed by atoms with Crippen LogP contribution in [0.15, 0.2) is 12.4 Å². The molecule has 10 heteroatoms. The molecule has 0 aliphatic rings. The summed E-state index contributed by atoms with van der Waals surface area (Å²) in [6, 6.07) is 0. The molecule has 0 aromatic carbocycles. The average molecular weight is 348 g/mol. The predicted octanol–water partition coefficient (Wildman–Crippen LogP) is -3.50. The lowest BCUT2D eigenvalue weighted by Crippen LogP contribution is -2.38. The third-order valence-corrected chi connectivity index (χ3v) is 3.36. The molecule has 0 aliphatic carbocycles. The predicted molar refractivity (Wildman–Crippen MR) is 79.7 cm³/mol. The van der Waals surface area contributed by atoms with Crippen molar-refractivity contribution < 1.29 is 40.5 Å². The zero-order valence-electron chi connectivity index (χ0n) is 13.0. The normalized spacial score (nSPS) is 18.0. The van der Waals surface area contributed by atoms with Gasteiger partial charge in [0, 0.05) is 12.6 Å². The van der Waals surface area contributed by atoms with Crippen LogP contribution in [0.1, 0.15) is 17.5 Å². The monoisotopic (exact) mass is 348 g/mol. The van der Waals surface area contributed by atoms with Crippen molar-refractivity contribution in [1.29, 1.82) is 0 Å². The Labute approximate surface area is 138 Å². The van der Waals surface area contributed by atoms with Gasteiger partial charge in [-0.05, 0) is 0 Å². The quantitative estimate of drug-likeness (QED) is 0.212. The fraction of sp³-hybridized carbons (Fsp3) is 0.714. The smallest absolute Gasteiger partial charge is 0.126 e. The number of hydrogen-bond donors (Lipinski definition) is 7. The molecule has 0 saturated heterocycles. The van der Waals surface area contributed by atoms with Crippen LogP contribution in [0.25, 0.3) is 0 Å². The summed E-state index contributed by atoms with van der Waals surface area (Å²) < 4.78 is 5.12. The van der Waals surface area contributed by atoms with Crippen LogP contribution >= 0.6 is 0 Å². The van der Waals surface area contributed by atoms with Crippen LogP contribution in [-0.2, 0) is 11.2 Å². The Kier molecular flexibility index (Phi) is 9.18. The van der Waals surface area contributed by atoms with Gasteiger partial charge in [0.1, 0.15) is 24.4 Å². The van der Waals surface area contributed by atoms with Crippen molar-refractivity contribution in [2.75, 3.05) is 26.4 Å². The maximum atomic E-state index is 10.2. The Balaban J connectivity index is 2.78. The number of ether oxygens (including phenoxy) is 1. The van der Waals surface area contributed by atoms with E-state index in [2.05, 4.69) is 9.97 Å². The van der Waals surface area contributed by atoms with E-state index in [0.717, 1.165) is 0 Å². The molecule has 1 aromatic heterocycles. The molecule has 138 valence electrons. The molecule has 0 bridgehead atoms. The summed E-state index contributed by atoms with van der Waals surface area (Å²) in [5, 5.41) is 65.3. The molecule has 0 spiro atoms. The Morgan fingerprint density at radius 2 is 1.54 bits per heavy atom. The molecule has 7 N–H and O–H groups in total. The number of rotatable bonds is 11. The molecule has 0 saturated carbocycles. The van der Waals surface area contributed by atoms with Crippen molar-refractivity contribution in [3.05, 3.63) is 23.8 Å². The zero-order chi connectivity index (χ0) is 18.1.